The second-order valence-corrected chi connectivity index (χ2v) is 8.00. The summed E-state index contributed by atoms with van der Waals surface area (Å²) in [6, 6.07) is 11.0. The van der Waals surface area contributed by atoms with E-state index in [1.165, 1.54) is 0 Å². The average Bonchev–Trinajstić information content (AvgIpc) is 2.69. The fraction of sp³-hybridized carbons (Fsp3) is 0.381. The summed E-state index contributed by atoms with van der Waals surface area (Å²) < 4.78 is 6.30. The molecule has 1 aliphatic heterocycles. The standard InChI is InChI=1S/C21H24BrN3O3/c1-14(2)28-21(27)18-4-3-11-23-19(18)25-12-9-15(10-13-25)20(26)24-17-7-5-16(22)6-8-17/h3-8,11,14-15H,9-10,12-13H2,1-2H3,(H,24,26). The quantitative estimate of drug-likeness (QED) is 0.695. The van der Waals surface area contributed by atoms with Crippen LogP contribution in [0.4, 0.5) is 11.5 Å². The Kier molecular flexibility index (Phi) is 6.67. The minimum atomic E-state index is -0.367. The number of amides is 1. The molecule has 1 aromatic heterocycles. The van der Waals surface area contributed by atoms with Crippen LogP contribution in [0, 0.1) is 5.92 Å². The van der Waals surface area contributed by atoms with Gasteiger partial charge in [-0.05, 0) is 63.1 Å². The molecule has 1 N–H and O–H groups in total. The molecule has 6 nitrogen and oxygen atoms in total. The number of anilines is 2. The first-order valence-corrected chi connectivity index (χ1v) is 10.2. The summed E-state index contributed by atoms with van der Waals surface area (Å²) in [5.41, 5.74) is 1.26. The van der Waals surface area contributed by atoms with Crippen LogP contribution in [0.25, 0.3) is 0 Å². The van der Waals surface area contributed by atoms with Crippen LogP contribution in [0.1, 0.15) is 37.0 Å². The topological polar surface area (TPSA) is 71.5 Å². The Morgan fingerprint density at radius 2 is 1.86 bits per heavy atom. The van der Waals surface area contributed by atoms with E-state index in [2.05, 4.69) is 31.1 Å². The van der Waals surface area contributed by atoms with E-state index in [0.717, 1.165) is 10.2 Å². The Morgan fingerprint density at radius 3 is 2.50 bits per heavy atom. The lowest BCUT2D eigenvalue weighted by atomic mass is 9.95. The maximum absolute atomic E-state index is 12.6. The van der Waals surface area contributed by atoms with Crippen molar-refractivity contribution in [1.82, 2.24) is 4.98 Å². The Bertz CT molecular complexity index is 831. The van der Waals surface area contributed by atoms with Gasteiger partial charge in [0.2, 0.25) is 5.91 Å². The number of carbonyl (C=O) groups is 2. The SMILES string of the molecule is CC(C)OC(=O)c1cccnc1N1CCC(C(=O)Nc2ccc(Br)cc2)CC1. The number of nitrogens with zero attached hydrogens (tertiary/aromatic N) is 2. The van der Waals surface area contributed by atoms with Crippen LogP contribution in [-0.4, -0.2) is 36.1 Å². The molecule has 0 unspecified atom stereocenters. The lowest BCUT2D eigenvalue weighted by Gasteiger charge is -2.33. The van der Waals surface area contributed by atoms with Crippen molar-refractivity contribution in [2.24, 2.45) is 5.92 Å². The number of ether oxygens (including phenoxy) is 1. The van der Waals surface area contributed by atoms with Gasteiger partial charge >= 0.3 is 5.97 Å². The third-order valence-electron chi connectivity index (χ3n) is 4.63. The zero-order valence-corrected chi connectivity index (χ0v) is 17.6. The molecule has 0 bridgehead atoms. The molecule has 0 atom stereocenters. The van der Waals surface area contributed by atoms with E-state index < -0.39 is 0 Å². The van der Waals surface area contributed by atoms with Gasteiger partial charge in [0.1, 0.15) is 11.4 Å². The molecule has 1 saturated heterocycles. The number of nitrogens with one attached hydrogen (secondary N) is 1. The molecule has 1 fully saturated rings. The van der Waals surface area contributed by atoms with Crippen molar-refractivity contribution in [2.45, 2.75) is 32.8 Å². The summed E-state index contributed by atoms with van der Waals surface area (Å²) in [6.45, 7) is 4.97. The van der Waals surface area contributed by atoms with Gasteiger partial charge in [-0.2, -0.15) is 0 Å². The molecule has 0 aliphatic carbocycles. The van der Waals surface area contributed by atoms with Crippen molar-refractivity contribution in [2.75, 3.05) is 23.3 Å². The zero-order valence-electron chi connectivity index (χ0n) is 16.0. The van der Waals surface area contributed by atoms with Crippen LogP contribution < -0.4 is 10.2 Å². The number of pyridine rings is 1. The highest BCUT2D eigenvalue weighted by molar-refractivity contribution is 9.10. The summed E-state index contributed by atoms with van der Waals surface area (Å²) in [5, 5.41) is 2.98. The number of aromatic nitrogens is 1. The lowest BCUT2D eigenvalue weighted by molar-refractivity contribution is -0.120. The minimum absolute atomic E-state index is 0.0300. The molecule has 0 saturated carbocycles. The summed E-state index contributed by atoms with van der Waals surface area (Å²) >= 11 is 3.39. The highest BCUT2D eigenvalue weighted by Crippen LogP contribution is 2.26. The van der Waals surface area contributed by atoms with Crippen LogP contribution in [0.3, 0.4) is 0 Å². The molecule has 2 heterocycles. The molecule has 148 valence electrons. The Labute approximate surface area is 173 Å². The predicted octanol–water partition coefficient (Wildman–Crippen LogP) is 4.26. The summed E-state index contributed by atoms with van der Waals surface area (Å²) in [4.78, 5) is 31.4. The Hall–Kier alpha value is -2.41. The largest absolute Gasteiger partial charge is 0.459 e. The second-order valence-electron chi connectivity index (χ2n) is 7.09. The maximum Gasteiger partial charge on any atom is 0.342 e. The first-order chi connectivity index (χ1) is 13.4. The van der Waals surface area contributed by atoms with Crippen LogP contribution in [0.5, 0.6) is 0 Å². The van der Waals surface area contributed by atoms with Crippen molar-refractivity contribution in [3.63, 3.8) is 0 Å². The van der Waals surface area contributed by atoms with E-state index in [9.17, 15) is 9.59 Å². The highest BCUT2D eigenvalue weighted by atomic mass is 79.9. The van der Waals surface area contributed by atoms with E-state index in [1.54, 1.807) is 18.3 Å². The molecule has 1 aromatic carbocycles. The highest BCUT2D eigenvalue weighted by Gasteiger charge is 2.28. The van der Waals surface area contributed by atoms with E-state index >= 15 is 0 Å². The number of carbonyl (C=O) groups excluding carboxylic acids is 2. The molecule has 0 radical (unpaired) electrons. The van der Waals surface area contributed by atoms with Crippen molar-refractivity contribution < 1.29 is 14.3 Å². The molecule has 2 aromatic rings. The van der Waals surface area contributed by atoms with Gasteiger partial charge in [0.15, 0.2) is 0 Å². The fourth-order valence-electron chi connectivity index (χ4n) is 3.22. The van der Waals surface area contributed by atoms with Crippen LogP contribution >= 0.6 is 15.9 Å². The third-order valence-corrected chi connectivity index (χ3v) is 5.16. The van der Waals surface area contributed by atoms with Crippen molar-refractivity contribution in [3.05, 3.63) is 52.6 Å². The molecule has 3 rings (SSSR count). The normalized spacial score (nSPS) is 14.8. The smallest absolute Gasteiger partial charge is 0.342 e. The monoisotopic (exact) mass is 445 g/mol. The van der Waals surface area contributed by atoms with Gasteiger partial charge in [0.05, 0.1) is 6.10 Å². The van der Waals surface area contributed by atoms with E-state index in [-0.39, 0.29) is 23.9 Å². The van der Waals surface area contributed by atoms with Gasteiger partial charge in [-0.25, -0.2) is 9.78 Å². The van der Waals surface area contributed by atoms with Crippen LogP contribution in [-0.2, 0) is 9.53 Å². The van der Waals surface area contributed by atoms with E-state index in [0.29, 0.717) is 37.3 Å². The van der Waals surface area contributed by atoms with Gasteiger partial charge in [-0.15, -0.1) is 0 Å². The van der Waals surface area contributed by atoms with Gasteiger partial charge in [-0.1, -0.05) is 15.9 Å². The second kappa shape index (κ2) is 9.19. The van der Waals surface area contributed by atoms with Gasteiger partial charge in [0, 0.05) is 35.4 Å². The maximum atomic E-state index is 12.6. The number of esters is 1. The summed E-state index contributed by atoms with van der Waals surface area (Å²) in [6.07, 6.45) is 2.90. The zero-order chi connectivity index (χ0) is 20.1. The molecule has 28 heavy (non-hydrogen) atoms. The first-order valence-electron chi connectivity index (χ1n) is 9.41. The molecule has 0 spiro atoms. The number of benzene rings is 1. The van der Waals surface area contributed by atoms with E-state index in [4.69, 9.17) is 4.74 Å². The van der Waals surface area contributed by atoms with E-state index in [1.807, 2.05) is 38.1 Å². The van der Waals surface area contributed by atoms with Crippen LogP contribution in [0.2, 0.25) is 0 Å². The Morgan fingerprint density at radius 1 is 1.18 bits per heavy atom. The van der Waals surface area contributed by atoms with Crippen LogP contribution in [0.15, 0.2) is 47.1 Å². The number of hydrogen-bond donors (Lipinski definition) is 1. The van der Waals surface area contributed by atoms with Gasteiger partial charge < -0.3 is 15.0 Å². The molecular formula is C21H24BrN3O3. The number of hydrogen-bond acceptors (Lipinski definition) is 5. The molecule has 1 amide bonds. The predicted molar refractivity (Wildman–Crippen MR) is 112 cm³/mol. The van der Waals surface area contributed by atoms with Crippen molar-refractivity contribution in [3.8, 4) is 0 Å². The summed E-state index contributed by atoms with van der Waals surface area (Å²) in [7, 11) is 0. The number of rotatable bonds is 5. The average molecular weight is 446 g/mol. The molecule has 1 aliphatic rings. The van der Waals surface area contributed by atoms with Gasteiger partial charge in [-0.3, -0.25) is 4.79 Å². The summed E-state index contributed by atoms with van der Waals surface area (Å²) in [5.74, 6) is 0.227. The fourth-order valence-corrected chi connectivity index (χ4v) is 3.48. The van der Waals surface area contributed by atoms with Gasteiger partial charge in [0.25, 0.3) is 0 Å². The minimum Gasteiger partial charge on any atom is -0.459 e. The van der Waals surface area contributed by atoms with Crippen molar-refractivity contribution >= 4 is 39.3 Å². The molecule has 7 heteroatoms. The number of halogens is 1. The third kappa shape index (κ3) is 5.10. The number of piperidine rings is 1. The Balaban J connectivity index is 1.62. The molecular weight excluding hydrogens is 422 g/mol. The van der Waals surface area contributed by atoms with Crippen molar-refractivity contribution in [1.29, 1.82) is 0 Å². The first kappa shape index (κ1) is 20.3. The lowest BCUT2D eigenvalue weighted by Crippen LogP contribution is -2.39.